The fraction of sp³-hybridized carbons (Fsp3) is 0.526. The SMILES string of the molecule is O=C(Nc1nnc(N2CCN(Cc3ccccc3Cl)CC2)s1)NC1CCCC1. The van der Waals surface area contributed by atoms with E-state index in [9.17, 15) is 4.79 Å². The fourth-order valence-electron chi connectivity index (χ4n) is 3.75. The van der Waals surface area contributed by atoms with Crippen molar-refractivity contribution < 1.29 is 4.79 Å². The minimum absolute atomic E-state index is 0.181. The summed E-state index contributed by atoms with van der Waals surface area (Å²) in [4.78, 5) is 16.7. The number of hydrogen-bond donors (Lipinski definition) is 2. The molecule has 4 rings (SSSR count). The second-order valence-corrected chi connectivity index (χ2v) is 8.69. The van der Waals surface area contributed by atoms with Crippen LogP contribution in [0.2, 0.25) is 5.02 Å². The van der Waals surface area contributed by atoms with Crippen LogP contribution in [0.3, 0.4) is 0 Å². The lowest BCUT2D eigenvalue weighted by Crippen LogP contribution is -2.46. The molecule has 0 bridgehead atoms. The molecule has 9 heteroatoms. The highest BCUT2D eigenvalue weighted by molar-refractivity contribution is 7.19. The van der Waals surface area contributed by atoms with Gasteiger partial charge in [-0.15, -0.1) is 10.2 Å². The highest BCUT2D eigenvalue weighted by Crippen LogP contribution is 2.26. The van der Waals surface area contributed by atoms with Crippen molar-refractivity contribution >= 4 is 39.2 Å². The van der Waals surface area contributed by atoms with Gasteiger partial charge in [-0.2, -0.15) is 0 Å². The van der Waals surface area contributed by atoms with Crippen molar-refractivity contribution in [3.63, 3.8) is 0 Å². The summed E-state index contributed by atoms with van der Waals surface area (Å²) in [6.45, 7) is 4.50. The average Bonchev–Trinajstić information content (AvgIpc) is 3.36. The van der Waals surface area contributed by atoms with Crippen LogP contribution < -0.4 is 15.5 Å². The molecule has 2 N–H and O–H groups in total. The van der Waals surface area contributed by atoms with Gasteiger partial charge in [0.05, 0.1) is 0 Å². The van der Waals surface area contributed by atoms with E-state index in [1.807, 2.05) is 18.2 Å². The maximum absolute atomic E-state index is 12.1. The largest absolute Gasteiger partial charge is 0.344 e. The molecule has 1 saturated carbocycles. The summed E-state index contributed by atoms with van der Waals surface area (Å²) < 4.78 is 0. The monoisotopic (exact) mass is 420 g/mol. The molecule has 0 spiro atoms. The topological polar surface area (TPSA) is 73.4 Å². The number of piperazine rings is 1. The van der Waals surface area contributed by atoms with E-state index in [0.29, 0.717) is 11.2 Å². The Balaban J connectivity index is 1.26. The minimum atomic E-state index is -0.181. The Kier molecular flexibility index (Phi) is 6.29. The van der Waals surface area contributed by atoms with Gasteiger partial charge in [0.15, 0.2) is 0 Å². The Labute approximate surface area is 174 Å². The van der Waals surface area contributed by atoms with Gasteiger partial charge in [0.25, 0.3) is 0 Å². The third-order valence-corrected chi connectivity index (χ3v) is 6.59. The predicted molar refractivity (Wildman–Crippen MR) is 113 cm³/mol. The van der Waals surface area contributed by atoms with E-state index < -0.39 is 0 Å². The number of amides is 2. The maximum atomic E-state index is 12.1. The van der Waals surface area contributed by atoms with Crippen LogP contribution in [0.4, 0.5) is 15.1 Å². The number of nitrogens with one attached hydrogen (secondary N) is 2. The average molecular weight is 421 g/mol. The lowest BCUT2D eigenvalue weighted by atomic mass is 10.2. The van der Waals surface area contributed by atoms with E-state index >= 15 is 0 Å². The number of carbonyl (C=O) groups is 1. The van der Waals surface area contributed by atoms with Crippen molar-refractivity contribution in [1.82, 2.24) is 20.4 Å². The summed E-state index contributed by atoms with van der Waals surface area (Å²) in [5.41, 5.74) is 1.16. The Hall–Kier alpha value is -1.90. The molecule has 1 saturated heterocycles. The van der Waals surface area contributed by atoms with Crippen molar-refractivity contribution in [2.45, 2.75) is 38.3 Å². The van der Waals surface area contributed by atoms with Gasteiger partial charge in [0.1, 0.15) is 0 Å². The first-order valence-electron chi connectivity index (χ1n) is 9.79. The zero-order chi connectivity index (χ0) is 19.3. The number of anilines is 2. The second kappa shape index (κ2) is 9.07. The molecule has 2 amide bonds. The van der Waals surface area contributed by atoms with Crippen molar-refractivity contribution in [1.29, 1.82) is 0 Å². The Morgan fingerprint density at radius 3 is 2.64 bits per heavy atom. The molecule has 2 fully saturated rings. The Bertz CT molecular complexity index is 801. The summed E-state index contributed by atoms with van der Waals surface area (Å²) in [7, 11) is 0. The van der Waals surface area contributed by atoms with Crippen LogP contribution in [-0.4, -0.2) is 53.3 Å². The van der Waals surface area contributed by atoms with Crippen LogP contribution in [0.15, 0.2) is 24.3 Å². The molecule has 150 valence electrons. The molecule has 0 atom stereocenters. The van der Waals surface area contributed by atoms with Gasteiger partial charge in [0, 0.05) is 43.8 Å². The van der Waals surface area contributed by atoms with E-state index in [2.05, 4.69) is 36.7 Å². The predicted octanol–water partition coefficient (Wildman–Crippen LogP) is 3.58. The lowest BCUT2D eigenvalue weighted by Gasteiger charge is -2.34. The number of nitrogens with zero attached hydrogens (tertiary/aromatic N) is 4. The van der Waals surface area contributed by atoms with Crippen molar-refractivity contribution in [3.8, 4) is 0 Å². The molecule has 0 unspecified atom stereocenters. The number of carbonyl (C=O) groups excluding carboxylic acids is 1. The van der Waals surface area contributed by atoms with Crippen molar-refractivity contribution in [3.05, 3.63) is 34.9 Å². The molecule has 0 radical (unpaired) electrons. The molecule has 2 aromatic rings. The number of hydrogen-bond acceptors (Lipinski definition) is 6. The molecule has 1 aliphatic carbocycles. The Morgan fingerprint density at radius 2 is 1.89 bits per heavy atom. The number of halogens is 1. The van der Waals surface area contributed by atoms with Gasteiger partial charge in [0.2, 0.25) is 10.3 Å². The molecule has 1 aliphatic heterocycles. The van der Waals surface area contributed by atoms with Gasteiger partial charge in [-0.25, -0.2) is 4.79 Å². The molecule has 28 heavy (non-hydrogen) atoms. The zero-order valence-corrected chi connectivity index (χ0v) is 17.3. The van der Waals surface area contributed by atoms with Crippen LogP contribution in [0.1, 0.15) is 31.2 Å². The molecular weight excluding hydrogens is 396 g/mol. The highest BCUT2D eigenvalue weighted by atomic mass is 35.5. The first kappa shape index (κ1) is 19.4. The first-order valence-corrected chi connectivity index (χ1v) is 11.0. The van der Waals surface area contributed by atoms with Gasteiger partial charge < -0.3 is 10.2 Å². The molecule has 1 aromatic heterocycles. The zero-order valence-electron chi connectivity index (χ0n) is 15.7. The molecule has 2 heterocycles. The first-order chi connectivity index (χ1) is 13.7. The smallest absolute Gasteiger partial charge is 0.321 e. The van der Waals surface area contributed by atoms with Crippen LogP contribution in [0, 0.1) is 0 Å². The molecule has 7 nitrogen and oxygen atoms in total. The van der Waals surface area contributed by atoms with Crippen LogP contribution in [-0.2, 0) is 6.54 Å². The quantitative estimate of drug-likeness (QED) is 0.773. The number of benzene rings is 1. The van der Waals surface area contributed by atoms with Crippen LogP contribution in [0.5, 0.6) is 0 Å². The summed E-state index contributed by atoms with van der Waals surface area (Å²) in [6.07, 6.45) is 4.51. The van der Waals surface area contributed by atoms with E-state index in [-0.39, 0.29) is 6.03 Å². The lowest BCUT2D eigenvalue weighted by molar-refractivity contribution is 0.248. The number of urea groups is 1. The van der Waals surface area contributed by atoms with Crippen molar-refractivity contribution in [2.75, 3.05) is 36.4 Å². The summed E-state index contributed by atoms with van der Waals surface area (Å²) in [6, 6.07) is 8.10. The molecular formula is C19H25ClN6OS. The van der Waals surface area contributed by atoms with E-state index in [0.717, 1.165) is 61.3 Å². The second-order valence-electron chi connectivity index (χ2n) is 7.32. The van der Waals surface area contributed by atoms with Crippen LogP contribution >= 0.6 is 22.9 Å². The molecule has 2 aliphatic rings. The summed E-state index contributed by atoms with van der Waals surface area (Å²) in [5.74, 6) is 0. The van der Waals surface area contributed by atoms with E-state index in [1.165, 1.54) is 24.2 Å². The minimum Gasteiger partial charge on any atom is -0.344 e. The number of rotatable bonds is 5. The summed E-state index contributed by atoms with van der Waals surface area (Å²) >= 11 is 7.70. The normalized spacial score (nSPS) is 18.4. The van der Waals surface area contributed by atoms with Crippen molar-refractivity contribution in [2.24, 2.45) is 0 Å². The fourth-order valence-corrected chi connectivity index (χ4v) is 4.73. The van der Waals surface area contributed by atoms with Gasteiger partial charge in [-0.05, 0) is 24.5 Å². The Morgan fingerprint density at radius 1 is 1.14 bits per heavy atom. The van der Waals surface area contributed by atoms with Gasteiger partial charge >= 0.3 is 6.03 Å². The van der Waals surface area contributed by atoms with Crippen LogP contribution in [0.25, 0.3) is 0 Å². The van der Waals surface area contributed by atoms with Gasteiger partial charge in [-0.3, -0.25) is 10.2 Å². The summed E-state index contributed by atoms with van der Waals surface area (Å²) in [5, 5.41) is 16.4. The third-order valence-electron chi connectivity index (χ3n) is 5.32. The van der Waals surface area contributed by atoms with Gasteiger partial charge in [-0.1, -0.05) is 54.0 Å². The third kappa shape index (κ3) is 4.92. The standard InChI is InChI=1S/C19H25ClN6OS/c20-16-8-4-1-5-14(16)13-25-9-11-26(12-10-25)19-24-23-18(28-19)22-17(27)21-15-6-2-3-7-15/h1,4-5,8,15H,2-3,6-7,9-13H2,(H2,21,22,23,27). The van der Waals surface area contributed by atoms with E-state index in [4.69, 9.17) is 11.6 Å². The van der Waals surface area contributed by atoms with E-state index in [1.54, 1.807) is 0 Å². The molecule has 1 aromatic carbocycles. The highest BCUT2D eigenvalue weighted by Gasteiger charge is 2.22. The number of aromatic nitrogens is 2. The maximum Gasteiger partial charge on any atom is 0.321 e.